The van der Waals surface area contributed by atoms with Gasteiger partial charge in [-0.25, -0.2) is 0 Å². The summed E-state index contributed by atoms with van der Waals surface area (Å²) in [5.74, 6) is 3.84. The minimum atomic E-state index is 0.0807. The molecule has 4 aliphatic rings. The lowest BCUT2D eigenvalue weighted by Crippen LogP contribution is -2.59. The van der Waals surface area contributed by atoms with Crippen molar-refractivity contribution in [3.8, 4) is 5.75 Å². The summed E-state index contributed by atoms with van der Waals surface area (Å²) < 4.78 is 11.9. The average molecular weight is 354 g/mol. The highest BCUT2D eigenvalue weighted by molar-refractivity contribution is 5.85. The highest BCUT2D eigenvalue weighted by Crippen LogP contribution is 2.55. The Morgan fingerprint density at radius 3 is 2.54 bits per heavy atom. The van der Waals surface area contributed by atoms with Crippen LogP contribution < -0.4 is 10.1 Å². The van der Waals surface area contributed by atoms with Crippen molar-refractivity contribution in [2.24, 2.45) is 17.8 Å². The molecular weight excluding hydrogens is 324 g/mol. The fourth-order valence-corrected chi connectivity index (χ4v) is 6.23. The van der Waals surface area contributed by atoms with E-state index in [0.717, 1.165) is 41.0 Å². The van der Waals surface area contributed by atoms with Gasteiger partial charge in [-0.05, 0) is 74.5 Å². The number of benzene rings is 1. The second-order valence-electron chi connectivity index (χ2n) is 8.94. The molecule has 2 N–H and O–H groups in total. The van der Waals surface area contributed by atoms with E-state index >= 15 is 0 Å². The van der Waals surface area contributed by atoms with E-state index in [9.17, 15) is 0 Å². The maximum absolute atomic E-state index is 6.12. The molecule has 1 unspecified atom stereocenters. The van der Waals surface area contributed by atoms with Crippen LogP contribution in [0.4, 0.5) is 0 Å². The number of hydrogen-bond acceptors (Lipinski definition) is 3. The number of ether oxygens (including phenoxy) is 2. The lowest BCUT2D eigenvalue weighted by molar-refractivity contribution is -0.0301. The zero-order chi connectivity index (χ0) is 17.6. The molecular formula is C22H30N2O2. The van der Waals surface area contributed by atoms with Crippen LogP contribution in [-0.4, -0.2) is 36.9 Å². The third-order valence-electron chi connectivity index (χ3n) is 7.06. The topological polar surface area (TPSA) is 46.3 Å². The first-order valence-corrected chi connectivity index (χ1v) is 10.2. The van der Waals surface area contributed by atoms with Crippen molar-refractivity contribution >= 4 is 10.9 Å². The molecule has 2 aromatic rings. The average Bonchev–Trinajstić information content (AvgIpc) is 3.10. The summed E-state index contributed by atoms with van der Waals surface area (Å²) in [5, 5.41) is 5.07. The molecule has 26 heavy (non-hydrogen) atoms. The Bertz CT molecular complexity index is 733. The van der Waals surface area contributed by atoms with Gasteiger partial charge in [0.05, 0.1) is 0 Å². The van der Waals surface area contributed by atoms with Gasteiger partial charge in [-0.1, -0.05) is 6.07 Å². The maximum Gasteiger partial charge on any atom is 0.128 e. The number of rotatable bonds is 7. The summed E-state index contributed by atoms with van der Waals surface area (Å²) in [5.41, 5.74) is 1.50. The lowest BCUT2D eigenvalue weighted by Gasteiger charge is -2.57. The molecule has 140 valence electrons. The Labute approximate surface area is 155 Å². The van der Waals surface area contributed by atoms with Gasteiger partial charge in [0.15, 0.2) is 0 Å². The predicted molar refractivity (Wildman–Crippen MR) is 103 cm³/mol. The Balaban J connectivity index is 1.20. The van der Waals surface area contributed by atoms with Gasteiger partial charge >= 0.3 is 0 Å². The van der Waals surface area contributed by atoms with E-state index in [2.05, 4.69) is 22.4 Å². The normalized spacial score (nSPS) is 33.7. The predicted octanol–water partition coefficient (Wildman–Crippen LogP) is 4.12. The smallest absolute Gasteiger partial charge is 0.128 e. The van der Waals surface area contributed by atoms with E-state index < -0.39 is 0 Å². The fourth-order valence-electron chi connectivity index (χ4n) is 6.23. The molecule has 4 fully saturated rings. The van der Waals surface area contributed by atoms with Crippen LogP contribution in [0.2, 0.25) is 0 Å². The summed E-state index contributed by atoms with van der Waals surface area (Å²) in [4.78, 5) is 3.24. The van der Waals surface area contributed by atoms with Crippen molar-refractivity contribution in [3.05, 3.63) is 30.5 Å². The number of aromatic nitrogens is 1. The second kappa shape index (κ2) is 6.58. The van der Waals surface area contributed by atoms with Gasteiger partial charge in [-0.2, -0.15) is 0 Å². The van der Waals surface area contributed by atoms with Crippen LogP contribution in [0.15, 0.2) is 30.5 Å². The van der Waals surface area contributed by atoms with Gasteiger partial charge in [0, 0.05) is 36.3 Å². The van der Waals surface area contributed by atoms with Gasteiger partial charge < -0.3 is 19.8 Å². The van der Waals surface area contributed by atoms with E-state index in [4.69, 9.17) is 9.47 Å². The Kier molecular flexibility index (Phi) is 4.21. The molecule has 1 aromatic carbocycles. The highest BCUT2D eigenvalue weighted by Gasteiger charge is 2.50. The van der Waals surface area contributed by atoms with Gasteiger partial charge in [0.2, 0.25) is 0 Å². The summed E-state index contributed by atoms with van der Waals surface area (Å²) in [7, 11) is 1.80. The molecule has 0 amide bonds. The summed E-state index contributed by atoms with van der Waals surface area (Å²) in [6.45, 7) is 1.46. The minimum Gasteiger partial charge on any atom is -0.490 e. The standard InChI is InChI=1S/C22H30N2O2/c1-25-18(14-26-21-4-2-3-20-19(21)5-6-23-20)13-24-22-10-15-7-16(11-22)9-17(8-15)12-22/h2-6,15-18,23-24H,7-14H2,1H3. The van der Waals surface area contributed by atoms with Gasteiger partial charge in [-0.3, -0.25) is 0 Å². The molecule has 4 aliphatic carbocycles. The van der Waals surface area contributed by atoms with E-state index in [0.29, 0.717) is 12.1 Å². The third-order valence-corrected chi connectivity index (χ3v) is 7.06. The Morgan fingerprint density at radius 1 is 1.12 bits per heavy atom. The quantitative estimate of drug-likeness (QED) is 0.786. The maximum atomic E-state index is 6.12. The monoisotopic (exact) mass is 354 g/mol. The van der Waals surface area contributed by atoms with Crippen molar-refractivity contribution in [2.45, 2.75) is 50.2 Å². The summed E-state index contributed by atoms with van der Waals surface area (Å²) >= 11 is 0. The number of hydrogen-bond donors (Lipinski definition) is 2. The van der Waals surface area contributed by atoms with Crippen molar-refractivity contribution in [1.82, 2.24) is 10.3 Å². The fraction of sp³-hybridized carbons (Fsp3) is 0.636. The largest absolute Gasteiger partial charge is 0.490 e. The van der Waals surface area contributed by atoms with Crippen LogP contribution in [-0.2, 0) is 4.74 Å². The molecule has 0 aliphatic heterocycles. The van der Waals surface area contributed by atoms with Crippen LogP contribution in [0.25, 0.3) is 10.9 Å². The number of methoxy groups -OCH3 is 1. The van der Waals surface area contributed by atoms with E-state index in [1.165, 1.54) is 38.5 Å². The third kappa shape index (κ3) is 3.03. The summed E-state index contributed by atoms with van der Waals surface area (Å²) in [6, 6.07) is 8.21. The number of nitrogens with one attached hydrogen (secondary N) is 2. The van der Waals surface area contributed by atoms with Gasteiger partial charge in [-0.15, -0.1) is 0 Å². The van der Waals surface area contributed by atoms with E-state index in [-0.39, 0.29) is 6.10 Å². The zero-order valence-corrected chi connectivity index (χ0v) is 15.7. The van der Waals surface area contributed by atoms with Crippen LogP contribution in [0, 0.1) is 17.8 Å². The molecule has 1 aromatic heterocycles. The molecule has 0 spiro atoms. The molecule has 0 radical (unpaired) electrons. The molecule has 6 rings (SSSR count). The lowest BCUT2D eigenvalue weighted by atomic mass is 9.53. The van der Waals surface area contributed by atoms with E-state index in [1.54, 1.807) is 7.11 Å². The molecule has 4 heteroatoms. The Morgan fingerprint density at radius 2 is 1.85 bits per heavy atom. The molecule has 0 saturated heterocycles. The van der Waals surface area contributed by atoms with Gasteiger partial charge in [0.25, 0.3) is 0 Å². The molecule has 1 atom stereocenters. The second-order valence-corrected chi connectivity index (χ2v) is 8.94. The van der Waals surface area contributed by atoms with Crippen molar-refractivity contribution in [3.63, 3.8) is 0 Å². The van der Waals surface area contributed by atoms with Crippen LogP contribution in [0.5, 0.6) is 5.75 Å². The van der Waals surface area contributed by atoms with E-state index in [1.807, 2.05) is 18.3 Å². The Hall–Kier alpha value is -1.52. The van der Waals surface area contributed by atoms with Crippen molar-refractivity contribution in [1.29, 1.82) is 0 Å². The molecule has 4 nitrogen and oxygen atoms in total. The first kappa shape index (κ1) is 16.6. The number of aromatic amines is 1. The minimum absolute atomic E-state index is 0.0807. The molecule has 4 bridgehead atoms. The highest BCUT2D eigenvalue weighted by atomic mass is 16.5. The molecule has 4 saturated carbocycles. The zero-order valence-electron chi connectivity index (χ0n) is 15.7. The summed E-state index contributed by atoms with van der Waals surface area (Å²) in [6.07, 6.45) is 10.6. The molecule has 1 heterocycles. The first-order chi connectivity index (χ1) is 12.7. The number of fused-ring (bicyclic) bond motifs is 1. The first-order valence-electron chi connectivity index (χ1n) is 10.2. The SMILES string of the molecule is COC(CNC12CC3CC(CC(C3)C1)C2)COc1cccc2[nH]ccc12. The van der Waals surface area contributed by atoms with Crippen molar-refractivity contribution < 1.29 is 9.47 Å². The van der Waals surface area contributed by atoms with Crippen LogP contribution in [0.1, 0.15) is 38.5 Å². The van der Waals surface area contributed by atoms with Gasteiger partial charge in [0.1, 0.15) is 18.5 Å². The van der Waals surface area contributed by atoms with Crippen molar-refractivity contribution in [2.75, 3.05) is 20.3 Å². The number of H-pyrrole nitrogens is 1. The van der Waals surface area contributed by atoms with Crippen LogP contribution in [0.3, 0.4) is 0 Å². The van der Waals surface area contributed by atoms with Crippen LogP contribution >= 0.6 is 0 Å².